The van der Waals surface area contributed by atoms with Crippen molar-refractivity contribution in [3.05, 3.63) is 22.7 Å². The number of carboxylic acid groups (broad SMARTS) is 1. The SMILES string of the molecule is CC(C)c1ncc(Cl)c(C(=O)NC(CCO)C(=O)O)n1. The molecule has 7 nitrogen and oxygen atoms in total. The number of rotatable bonds is 6. The van der Waals surface area contributed by atoms with Crippen LogP contribution in [0.2, 0.25) is 5.02 Å². The Labute approximate surface area is 121 Å². The molecule has 0 spiro atoms. The van der Waals surface area contributed by atoms with Gasteiger partial charge in [-0.3, -0.25) is 4.79 Å². The predicted octanol–water partition coefficient (Wildman–Crippen LogP) is 0.819. The molecule has 1 rings (SSSR count). The summed E-state index contributed by atoms with van der Waals surface area (Å²) in [5, 5.41) is 20.0. The van der Waals surface area contributed by atoms with Crippen molar-refractivity contribution in [1.82, 2.24) is 15.3 Å². The summed E-state index contributed by atoms with van der Waals surface area (Å²) >= 11 is 5.85. The molecule has 0 saturated carbocycles. The van der Waals surface area contributed by atoms with Gasteiger partial charge in [-0.25, -0.2) is 14.8 Å². The van der Waals surface area contributed by atoms with Gasteiger partial charge < -0.3 is 15.5 Å². The van der Waals surface area contributed by atoms with Gasteiger partial charge in [0.25, 0.3) is 5.91 Å². The van der Waals surface area contributed by atoms with Crippen molar-refractivity contribution in [2.24, 2.45) is 0 Å². The molecular formula is C12H16ClN3O4. The number of hydrogen-bond acceptors (Lipinski definition) is 5. The molecule has 110 valence electrons. The van der Waals surface area contributed by atoms with Crippen LogP contribution in [0.5, 0.6) is 0 Å². The van der Waals surface area contributed by atoms with Gasteiger partial charge in [-0.1, -0.05) is 25.4 Å². The number of aliphatic hydroxyl groups is 1. The number of amides is 1. The van der Waals surface area contributed by atoms with Crippen LogP contribution in [0.3, 0.4) is 0 Å². The number of carboxylic acids is 1. The van der Waals surface area contributed by atoms with Gasteiger partial charge in [0.2, 0.25) is 0 Å². The minimum absolute atomic E-state index is 0.00605. The van der Waals surface area contributed by atoms with Crippen molar-refractivity contribution in [2.45, 2.75) is 32.2 Å². The second-order valence-corrected chi connectivity index (χ2v) is 4.86. The molecule has 3 N–H and O–H groups in total. The molecule has 0 aliphatic rings. The van der Waals surface area contributed by atoms with Crippen LogP contribution in [0.15, 0.2) is 6.20 Å². The summed E-state index contributed by atoms with van der Waals surface area (Å²) in [5.74, 6) is -1.50. The van der Waals surface area contributed by atoms with Crippen molar-refractivity contribution in [1.29, 1.82) is 0 Å². The molecule has 0 aromatic carbocycles. The molecule has 8 heteroatoms. The number of nitrogens with zero attached hydrogens (tertiary/aromatic N) is 2. The van der Waals surface area contributed by atoms with E-state index in [9.17, 15) is 9.59 Å². The molecule has 1 amide bonds. The van der Waals surface area contributed by atoms with Crippen molar-refractivity contribution >= 4 is 23.5 Å². The Bertz CT molecular complexity index is 507. The number of halogens is 1. The van der Waals surface area contributed by atoms with E-state index < -0.39 is 17.9 Å². The van der Waals surface area contributed by atoms with E-state index in [1.807, 2.05) is 13.8 Å². The highest BCUT2D eigenvalue weighted by Crippen LogP contribution is 2.16. The smallest absolute Gasteiger partial charge is 0.326 e. The molecule has 0 radical (unpaired) electrons. The van der Waals surface area contributed by atoms with E-state index in [4.69, 9.17) is 21.8 Å². The average molecular weight is 302 g/mol. The van der Waals surface area contributed by atoms with Gasteiger partial charge in [-0.05, 0) is 0 Å². The summed E-state index contributed by atoms with van der Waals surface area (Å²) in [6.45, 7) is 3.36. The molecule has 1 aromatic heterocycles. The summed E-state index contributed by atoms with van der Waals surface area (Å²) < 4.78 is 0. The molecule has 20 heavy (non-hydrogen) atoms. The lowest BCUT2D eigenvalue weighted by molar-refractivity contribution is -0.139. The second-order valence-electron chi connectivity index (χ2n) is 4.46. The number of hydrogen-bond donors (Lipinski definition) is 3. The lowest BCUT2D eigenvalue weighted by Gasteiger charge is -2.14. The third-order valence-electron chi connectivity index (χ3n) is 2.52. The molecule has 0 fully saturated rings. The lowest BCUT2D eigenvalue weighted by atomic mass is 10.2. The average Bonchev–Trinajstić information content (AvgIpc) is 2.38. The third kappa shape index (κ3) is 4.14. The number of aromatic nitrogens is 2. The zero-order valence-electron chi connectivity index (χ0n) is 11.1. The highest BCUT2D eigenvalue weighted by molar-refractivity contribution is 6.33. The predicted molar refractivity (Wildman–Crippen MR) is 71.7 cm³/mol. The van der Waals surface area contributed by atoms with Crippen LogP contribution in [-0.4, -0.2) is 44.7 Å². The van der Waals surface area contributed by atoms with Crippen LogP contribution in [0, 0.1) is 0 Å². The quantitative estimate of drug-likeness (QED) is 0.717. The molecule has 0 aliphatic heterocycles. The third-order valence-corrected chi connectivity index (χ3v) is 2.79. The lowest BCUT2D eigenvalue weighted by Crippen LogP contribution is -2.41. The van der Waals surface area contributed by atoms with E-state index in [0.717, 1.165) is 0 Å². The Morgan fingerprint density at radius 3 is 2.60 bits per heavy atom. The molecule has 1 aromatic rings. The number of aliphatic carboxylic acids is 1. The van der Waals surface area contributed by atoms with Crippen molar-refractivity contribution < 1.29 is 19.8 Å². The minimum atomic E-state index is -1.23. The number of nitrogens with one attached hydrogen (secondary N) is 1. The van der Waals surface area contributed by atoms with Gasteiger partial charge in [0.15, 0.2) is 0 Å². The van der Waals surface area contributed by atoms with Gasteiger partial charge in [0.1, 0.15) is 17.6 Å². The first-order valence-corrected chi connectivity index (χ1v) is 6.41. The zero-order valence-corrected chi connectivity index (χ0v) is 11.9. The van der Waals surface area contributed by atoms with Crippen molar-refractivity contribution in [2.75, 3.05) is 6.61 Å². The first kappa shape index (κ1) is 16.3. The van der Waals surface area contributed by atoms with Crippen LogP contribution in [0.4, 0.5) is 0 Å². The fraction of sp³-hybridized carbons (Fsp3) is 0.500. The summed E-state index contributed by atoms with van der Waals surface area (Å²) in [6.07, 6.45) is 1.21. The molecule has 1 unspecified atom stereocenters. The molecule has 1 atom stereocenters. The number of carbonyl (C=O) groups is 2. The largest absolute Gasteiger partial charge is 0.480 e. The van der Waals surface area contributed by atoms with Gasteiger partial charge >= 0.3 is 5.97 Å². The maximum Gasteiger partial charge on any atom is 0.326 e. The fourth-order valence-corrected chi connectivity index (χ4v) is 1.61. The monoisotopic (exact) mass is 301 g/mol. The van der Waals surface area contributed by atoms with Crippen LogP contribution < -0.4 is 5.32 Å². The summed E-state index contributed by atoms with van der Waals surface area (Å²) in [6, 6.07) is -1.19. The minimum Gasteiger partial charge on any atom is -0.480 e. The van der Waals surface area contributed by atoms with Crippen molar-refractivity contribution in [3.8, 4) is 0 Å². The van der Waals surface area contributed by atoms with E-state index in [-0.39, 0.29) is 29.7 Å². The normalized spacial score (nSPS) is 12.2. The summed E-state index contributed by atoms with van der Waals surface area (Å²) in [4.78, 5) is 30.9. The summed E-state index contributed by atoms with van der Waals surface area (Å²) in [7, 11) is 0. The maximum atomic E-state index is 12.0. The zero-order chi connectivity index (χ0) is 15.3. The van der Waals surface area contributed by atoms with Crippen LogP contribution in [-0.2, 0) is 4.79 Å². The van der Waals surface area contributed by atoms with Crippen molar-refractivity contribution in [3.63, 3.8) is 0 Å². The van der Waals surface area contributed by atoms with Gasteiger partial charge in [-0.15, -0.1) is 0 Å². The maximum absolute atomic E-state index is 12.0. The van der Waals surface area contributed by atoms with Crippen LogP contribution in [0.1, 0.15) is 42.5 Å². The standard InChI is InChI=1S/C12H16ClN3O4/c1-6(2)10-14-5-7(13)9(16-10)11(18)15-8(3-4-17)12(19)20/h5-6,8,17H,3-4H2,1-2H3,(H,15,18)(H,19,20). The van der Waals surface area contributed by atoms with E-state index in [0.29, 0.717) is 5.82 Å². The Balaban J connectivity index is 2.96. The molecule has 0 saturated heterocycles. The van der Waals surface area contributed by atoms with E-state index in [2.05, 4.69) is 15.3 Å². The number of carbonyl (C=O) groups excluding carboxylic acids is 1. The first-order chi connectivity index (χ1) is 9.36. The Morgan fingerprint density at radius 2 is 2.10 bits per heavy atom. The molecule has 0 aliphatic carbocycles. The topological polar surface area (TPSA) is 112 Å². The second kappa shape index (κ2) is 7.16. The van der Waals surface area contributed by atoms with E-state index >= 15 is 0 Å². The van der Waals surface area contributed by atoms with E-state index in [1.54, 1.807) is 0 Å². The van der Waals surface area contributed by atoms with Crippen LogP contribution >= 0.6 is 11.6 Å². The van der Waals surface area contributed by atoms with E-state index in [1.165, 1.54) is 6.20 Å². The van der Waals surface area contributed by atoms with Gasteiger partial charge in [0, 0.05) is 18.9 Å². The van der Waals surface area contributed by atoms with Crippen LogP contribution in [0.25, 0.3) is 0 Å². The molecular weight excluding hydrogens is 286 g/mol. The first-order valence-electron chi connectivity index (χ1n) is 6.03. The Morgan fingerprint density at radius 1 is 1.45 bits per heavy atom. The number of aliphatic hydroxyl groups excluding tert-OH is 1. The fourth-order valence-electron chi connectivity index (χ4n) is 1.43. The van der Waals surface area contributed by atoms with Gasteiger partial charge in [0.05, 0.1) is 11.2 Å². The van der Waals surface area contributed by atoms with Gasteiger partial charge in [-0.2, -0.15) is 0 Å². The summed E-state index contributed by atoms with van der Waals surface area (Å²) in [5.41, 5.74) is -0.0745. The Hall–Kier alpha value is -1.73. The Kier molecular flexibility index (Phi) is 5.84. The highest BCUT2D eigenvalue weighted by atomic mass is 35.5. The highest BCUT2D eigenvalue weighted by Gasteiger charge is 2.23. The molecule has 1 heterocycles. The molecule has 0 bridgehead atoms.